The van der Waals surface area contributed by atoms with Crippen molar-refractivity contribution in [3.63, 3.8) is 0 Å². The number of methoxy groups -OCH3 is 2. The summed E-state index contributed by atoms with van der Waals surface area (Å²) < 4.78 is 11.4. The molecule has 128 valence electrons. The molecule has 1 amide bonds. The van der Waals surface area contributed by atoms with Gasteiger partial charge in [-0.3, -0.25) is 4.79 Å². The van der Waals surface area contributed by atoms with Crippen LogP contribution in [0.1, 0.15) is 36.0 Å². The van der Waals surface area contributed by atoms with Crippen molar-refractivity contribution in [3.8, 4) is 11.5 Å². The van der Waals surface area contributed by atoms with Crippen LogP contribution in [-0.2, 0) is 0 Å². The number of ether oxygens (including phenoxy) is 2. The average Bonchev–Trinajstić information content (AvgIpc) is 3.02. The third-order valence-electron chi connectivity index (χ3n) is 4.78. The van der Waals surface area contributed by atoms with Gasteiger partial charge >= 0.3 is 0 Å². The van der Waals surface area contributed by atoms with Crippen LogP contribution < -0.4 is 14.8 Å². The molecule has 0 bridgehead atoms. The van der Waals surface area contributed by atoms with E-state index in [-0.39, 0.29) is 11.4 Å². The Hall–Kier alpha value is -1.02. The minimum absolute atomic E-state index is 0.0662. The molecule has 1 aliphatic rings. The second-order valence-corrected chi connectivity index (χ2v) is 7.36. The highest BCUT2D eigenvalue weighted by molar-refractivity contribution is 14.1. The lowest BCUT2D eigenvalue weighted by Crippen LogP contribution is -2.50. The maximum atomic E-state index is 12.6. The van der Waals surface area contributed by atoms with E-state index in [1.54, 1.807) is 20.3 Å². The minimum Gasteiger partial charge on any atom is -0.493 e. The van der Waals surface area contributed by atoms with E-state index < -0.39 is 0 Å². The SMILES string of the molecule is COc1cc(I)c(C(=O)NCC2(N(C)C)CCCC2)cc1OC. The van der Waals surface area contributed by atoms with Crippen LogP contribution >= 0.6 is 22.6 Å². The highest BCUT2D eigenvalue weighted by atomic mass is 127. The molecule has 1 aliphatic carbocycles. The van der Waals surface area contributed by atoms with Gasteiger partial charge < -0.3 is 19.7 Å². The number of carbonyl (C=O) groups is 1. The van der Waals surface area contributed by atoms with Gasteiger partial charge in [-0.25, -0.2) is 0 Å². The molecule has 1 N–H and O–H groups in total. The molecule has 5 nitrogen and oxygen atoms in total. The van der Waals surface area contributed by atoms with Crippen LogP contribution in [0.3, 0.4) is 0 Å². The molecule has 0 atom stereocenters. The molecule has 1 saturated carbocycles. The van der Waals surface area contributed by atoms with Crippen LogP contribution in [0.15, 0.2) is 12.1 Å². The third-order valence-corrected chi connectivity index (χ3v) is 5.67. The van der Waals surface area contributed by atoms with Crippen molar-refractivity contribution in [2.75, 3.05) is 34.9 Å². The summed E-state index contributed by atoms with van der Waals surface area (Å²) in [6.07, 6.45) is 4.70. The van der Waals surface area contributed by atoms with Gasteiger partial charge in [-0.1, -0.05) is 12.8 Å². The molecule has 0 saturated heterocycles. The van der Waals surface area contributed by atoms with Crippen LogP contribution in [-0.4, -0.2) is 51.2 Å². The number of carbonyl (C=O) groups excluding carboxylic acids is 1. The molecular weight excluding hydrogens is 407 g/mol. The summed E-state index contributed by atoms with van der Waals surface area (Å²) in [6, 6.07) is 3.57. The van der Waals surface area contributed by atoms with Crippen molar-refractivity contribution >= 4 is 28.5 Å². The first-order chi connectivity index (χ1) is 10.9. The minimum atomic E-state index is -0.0662. The molecule has 1 aromatic rings. The quantitative estimate of drug-likeness (QED) is 0.703. The van der Waals surface area contributed by atoms with Crippen LogP contribution in [0.4, 0.5) is 0 Å². The monoisotopic (exact) mass is 432 g/mol. The number of hydrogen-bond donors (Lipinski definition) is 1. The Balaban J connectivity index is 2.14. The Bertz CT molecular complexity index is 569. The maximum absolute atomic E-state index is 12.6. The van der Waals surface area contributed by atoms with E-state index in [1.165, 1.54) is 12.8 Å². The molecule has 0 heterocycles. The van der Waals surface area contributed by atoms with Gasteiger partial charge in [0.2, 0.25) is 0 Å². The fraction of sp³-hybridized carbons (Fsp3) is 0.588. The van der Waals surface area contributed by atoms with Gasteiger partial charge in [-0.05, 0) is 61.7 Å². The first-order valence-electron chi connectivity index (χ1n) is 7.80. The second kappa shape index (κ2) is 7.70. The Kier molecular flexibility index (Phi) is 6.13. The Morgan fingerprint density at radius 2 is 1.78 bits per heavy atom. The standard InChI is InChI=1S/C17H25IN2O3/c1-20(2)17(7-5-6-8-17)11-19-16(21)12-9-14(22-3)15(23-4)10-13(12)18/h9-10H,5-8,11H2,1-4H3,(H,19,21). The number of hydrogen-bond acceptors (Lipinski definition) is 4. The van der Waals surface area contributed by atoms with Crippen molar-refractivity contribution in [2.45, 2.75) is 31.2 Å². The topological polar surface area (TPSA) is 50.8 Å². The lowest BCUT2D eigenvalue weighted by Gasteiger charge is -2.36. The highest BCUT2D eigenvalue weighted by Gasteiger charge is 2.36. The van der Waals surface area contributed by atoms with E-state index in [4.69, 9.17) is 9.47 Å². The Morgan fingerprint density at radius 3 is 2.30 bits per heavy atom. The van der Waals surface area contributed by atoms with Crippen LogP contribution in [0.25, 0.3) is 0 Å². The lowest BCUT2D eigenvalue weighted by atomic mass is 9.96. The number of benzene rings is 1. The van der Waals surface area contributed by atoms with E-state index in [1.807, 2.05) is 6.07 Å². The normalized spacial score (nSPS) is 16.4. The molecular formula is C17H25IN2O3. The van der Waals surface area contributed by atoms with Crippen molar-refractivity contribution in [1.29, 1.82) is 0 Å². The summed E-state index contributed by atoms with van der Waals surface area (Å²) in [7, 11) is 7.36. The van der Waals surface area contributed by atoms with E-state index >= 15 is 0 Å². The smallest absolute Gasteiger partial charge is 0.252 e. The zero-order chi connectivity index (χ0) is 17.0. The molecule has 0 aliphatic heterocycles. The number of nitrogens with one attached hydrogen (secondary N) is 1. The molecule has 0 spiro atoms. The van der Waals surface area contributed by atoms with E-state index in [9.17, 15) is 4.79 Å². The van der Waals surface area contributed by atoms with Crippen LogP contribution in [0.5, 0.6) is 11.5 Å². The molecule has 6 heteroatoms. The van der Waals surface area contributed by atoms with Gasteiger partial charge in [-0.15, -0.1) is 0 Å². The molecule has 0 unspecified atom stereocenters. The van der Waals surface area contributed by atoms with Gasteiger partial charge in [0.1, 0.15) is 0 Å². The fourth-order valence-corrected chi connectivity index (χ4v) is 3.87. The Labute approximate surface area is 151 Å². The first kappa shape index (κ1) is 18.3. The molecule has 2 rings (SSSR count). The van der Waals surface area contributed by atoms with Gasteiger partial charge in [-0.2, -0.15) is 0 Å². The van der Waals surface area contributed by atoms with Crippen LogP contribution in [0.2, 0.25) is 0 Å². The van der Waals surface area contributed by atoms with E-state index in [0.29, 0.717) is 23.6 Å². The molecule has 1 aromatic carbocycles. The van der Waals surface area contributed by atoms with Gasteiger partial charge in [0.15, 0.2) is 11.5 Å². The predicted octanol–water partition coefficient (Wildman–Crippen LogP) is 2.91. The highest BCUT2D eigenvalue weighted by Crippen LogP contribution is 2.34. The van der Waals surface area contributed by atoms with Gasteiger partial charge in [0.05, 0.1) is 19.8 Å². The molecule has 23 heavy (non-hydrogen) atoms. The summed E-state index contributed by atoms with van der Waals surface area (Å²) in [5.74, 6) is 1.14. The average molecular weight is 432 g/mol. The van der Waals surface area contributed by atoms with Crippen LogP contribution in [0, 0.1) is 3.57 Å². The maximum Gasteiger partial charge on any atom is 0.252 e. The predicted molar refractivity (Wildman–Crippen MR) is 99.5 cm³/mol. The summed E-state index contributed by atoms with van der Waals surface area (Å²) in [6.45, 7) is 0.670. The molecule has 1 fully saturated rings. The molecule has 0 radical (unpaired) electrons. The summed E-state index contributed by atoms with van der Waals surface area (Å²) in [5.41, 5.74) is 0.702. The van der Waals surface area contributed by atoms with Crippen molar-refractivity contribution in [1.82, 2.24) is 10.2 Å². The van der Waals surface area contributed by atoms with Gasteiger partial charge in [0.25, 0.3) is 5.91 Å². The van der Waals surface area contributed by atoms with E-state index in [0.717, 1.165) is 16.4 Å². The summed E-state index contributed by atoms with van der Waals surface area (Å²) in [5, 5.41) is 3.11. The van der Waals surface area contributed by atoms with Gasteiger partial charge in [0, 0.05) is 15.7 Å². The second-order valence-electron chi connectivity index (χ2n) is 6.20. The van der Waals surface area contributed by atoms with Crippen molar-refractivity contribution in [2.24, 2.45) is 0 Å². The largest absolute Gasteiger partial charge is 0.493 e. The third kappa shape index (κ3) is 3.91. The van der Waals surface area contributed by atoms with E-state index in [2.05, 4.69) is 46.9 Å². The molecule has 0 aromatic heterocycles. The number of halogens is 1. The zero-order valence-corrected chi connectivity index (χ0v) is 16.4. The summed E-state index contributed by atoms with van der Waals surface area (Å²) in [4.78, 5) is 14.9. The van der Waals surface area contributed by atoms with Crippen molar-refractivity contribution < 1.29 is 14.3 Å². The fourth-order valence-electron chi connectivity index (χ4n) is 3.18. The van der Waals surface area contributed by atoms with Crippen molar-refractivity contribution in [3.05, 3.63) is 21.3 Å². The number of likely N-dealkylation sites (N-methyl/N-ethyl adjacent to an activating group) is 1. The summed E-state index contributed by atoms with van der Waals surface area (Å²) >= 11 is 2.16. The number of amides is 1. The lowest BCUT2D eigenvalue weighted by molar-refractivity contribution is 0.0898. The zero-order valence-electron chi connectivity index (χ0n) is 14.2. The number of nitrogens with zero attached hydrogens (tertiary/aromatic N) is 1. The Morgan fingerprint density at radius 1 is 1.22 bits per heavy atom. The first-order valence-corrected chi connectivity index (χ1v) is 8.88. The number of rotatable bonds is 6.